The molecule has 2 aromatic carbocycles. The van der Waals surface area contributed by atoms with Crippen LogP contribution in [0.25, 0.3) is 0 Å². The Hall–Kier alpha value is -1.87. The van der Waals surface area contributed by atoms with Crippen LogP contribution in [0.2, 0.25) is 0 Å². The summed E-state index contributed by atoms with van der Waals surface area (Å²) in [6, 6.07) is 13.3. The van der Waals surface area contributed by atoms with E-state index in [1.807, 2.05) is 18.2 Å². The van der Waals surface area contributed by atoms with E-state index in [0.29, 0.717) is 5.69 Å². The molecule has 0 aromatic heterocycles. The van der Waals surface area contributed by atoms with Gasteiger partial charge in [0, 0.05) is 5.69 Å². The Morgan fingerprint density at radius 3 is 2.25 bits per heavy atom. The van der Waals surface area contributed by atoms with Gasteiger partial charge in [0.2, 0.25) is 0 Å². The van der Waals surface area contributed by atoms with Crippen LogP contribution in [-0.2, 0) is 0 Å². The highest BCUT2D eigenvalue weighted by atomic mass is 19.1. The van der Waals surface area contributed by atoms with Gasteiger partial charge in [-0.15, -0.1) is 0 Å². The first-order valence-corrected chi connectivity index (χ1v) is 5.03. The van der Waals surface area contributed by atoms with Crippen molar-refractivity contribution in [2.45, 2.75) is 6.04 Å². The van der Waals surface area contributed by atoms with Crippen LogP contribution in [0.4, 0.5) is 10.1 Å². The van der Waals surface area contributed by atoms with Gasteiger partial charge in [-0.05, 0) is 35.4 Å². The average Bonchev–Trinajstić information content (AvgIpc) is 2.29. The summed E-state index contributed by atoms with van der Waals surface area (Å²) < 4.78 is 13.0. The van der Waals surface area contributed by atoms with Crippen LogP contribution in [0, 0.1) is 5.82 Å². The SMILES string of the molecule is Nc1ccc(C(N)c2cccc(F)c2)cc1. The molecule has 1 unspecified atom stereocenters. The van der Waals surface area contributed by atoms with Crippen molar-refractivity contribution in [1.29, 1.82) is 0 Å². The predicted molar refractivity (Wildman–Crippen MR) is 63.3 cm³/mol. The number of nitrogens with two attached hydrogens (primary N) is 2. The van der Waals surface area contributed by atoms with Crippen LogP contribution in [0.3, 0.4) is 0 Å². The van der Waals surface area contributed by atoms with Crippen LogP contribution < -0.4 is 11.5 Å². The van der Waals surface area contributed by atoms with Crippen molar-refractivity contribution in [3.8, 4) is 0 Å². The van der Waals surface area contributed by atoms with Gasteiger partial charge >= 0.3 is 0 Å². The quantitative estimate of drug-likeness (QED) is 0.757. The summed E-state index contributed by atoms with van der Waals surface area (Å²) >= 11 is 0. The number of hydrogen-bond acceptors (Lipinski definition) is 2. The number of benzene rings is 2. The minimum Gasteiger partial charge on any atom is -0.399 e. The Morgan fingerprint density at radius 1 is 0.938 bits per heavy atom. The largest absolute Gasteiger partial charge is 0.399 e. The van der Waals surface area contributed by atoms with Crippen LogP contribution in [0.1, 0.15) is 17.2 Å². The molecule has 0 saturated carbocycles. The molecule has 1 atom stereocenters. The van der Waals surface area contributed by atoms with Gasteiger partial charge in [-0.1, -0.05) is 24.3 Å². The summed E-state index contributed by atoms with van der Waals surface area (Å²) in [4.78, 5) is 0. The molecule has 2 nitrogen and oxygen atoms in total. The van der Waals surface area contributed by atoms with E-state index in [2.05, 4.69) is 0 Å². The Labute approximate surface area is 93.7 Å². The average molecular weight is 216 g/mol. The number of anilines is 1. The lowest BCUT2D eigenvalue weighted by Crippen LogP contribution is -2.11. The van der Waals surface area contributed by atoms with Gasteiger partial charge in [0.1, 0.15) is 5.82 Å². The van der Waals surface area contributed by atoms with Gasteiger partial charge in [0.05, 0.1) is 6.04 Å². The number of nitrogen functional groups attached to an aromatic ring is 1. The third-order valence-corrected chi connectivity index (χ3v) is 2.50. The zero-order chi connectivity index (χ0) is 11.5. The second-order valence-electron chi connectivity index (χ2n) is 3.70. The fourth-order valence-corrected chi connectivity index (χ4v) is 1.60. The summed E-state index contributed by atoms with van der Waals surface area (Å²) in [6.07, 6.45) is 0. The minimum atomic E-state index is -0.323. The Balaban J connectivity index is 2.31. The third kappa shape index (κ3) is 2.20. The maximum atomic E-state index is 13.0. The molecule has 0 saturated heterocycles. The molecule has 0 aliphatic carbocycles. The summed E-state index contributed by atoms with van der Waals surface area (Å²) in [5, 5.41) is 0. The number of halogens is 1. The molecule has 0 bridgehead atoms. The van der Waals surface area contributed by atoms with Crippen molar-refractivity contribution in [2.75, 3.05) is 5.73 Å². The van der Waals surface area contributed by atoms with E-state index >= 15 is 0 Å². The van der Waals surface area contributed by atoms with E-state index < -0.39 is 0 Å². The van der Waals surface area contributed by atoms with E-state index in [1.165, 1.54) is 12.1 Å². The smallest absolute Gasteiger partial charge is 0.123 e. The molecule has 82 valence electrons. The van der Waals surface area contributed by atoms with Gasteiger partial charge in [0.15, 0.2) is 0 Å². The van der Waals surface area contributed by atoms with Gasteiger partial charge < -0.3 is 11.5 Å². The molecule has 0 heterocycles. The molecule has 16 heavy (non-hydrogen) atoms. The first-order chi connectivity index (χ1) is 7.66. The summed E-state index contributed by atoms with van der Waals surface area (Å²) in [5.41, 5.74) is 14.0. The lowest BCUT2D eigenvalue weighted by atomic mass is 9.99. The lowest BCUT2D eigenvalue weighted by Gasteiger charge is -2.12. The molecule has 2 rings (SSSR count). The standard InChI is InChI=1S/C13H13FN2/c14-11-3-1-2-10(8-11)13(16)9-4-6-12(15)7-5-9/h1-8,13H,15-16H2. The summed E-state index contributed by atoms with van der Waals surface area (Å²) in [6.45, 7) is 0. The molecule has 0 aliphatic rings. The van der Waals surface area contributed by atoms with Crippen molar-refractivity contribution in [3.05, 3.63) is 65.5 Å². The van der Waals surface area contributed by atoms with Crippen molar-refractivity contribution < 1.29 is 4.39 Å². The van der Waals surface area contributed by atoms with Crippen molar-refractivity contribution in [2.24, 2.45) is 5.73 Å². The Morgan fingerprint density at radius 2 is 1.62 bits per heavy atom. The maximum absolute atomic E-state index is 13.0. The molecule has 0 spiro atoms. The van der Waals surface area contributed by atoms with E-state index in [0.717, 1.165) is 11.1 Å². The van der Waals surface area contributed by atoms with Gasteiger partial charge in [0.25, 0.3) is 0 Å². The molecule has 3 heteroatoms. The second kappa shape index (κ2) is 4.33. The lowest BCUT2D eigenvalue weighted by molar-refractivity contribution is 0.623. The van der Waals surface area contributed by atoms with Crippen molar-refractivity contribution in [3.63, 3.8) is 0 Å². The highest BCUT2D eigenvalue weighted by Gasteiger charge is 2.08. The van der Waals surface area contributed by atoms with Gasteiger partial charge in [-0.2, -0.15) is 0 Å². The Bertz CT molecular complexity index is 480. The first-order valence-electron chi connectivity index (χ1n) is 5.03. The normalized spacial score (nSPS) is 12.4. The van der Waals surface area contributed by atoms with Crippen LogP contribution >= 0.6 is 0 Å². The third-order valence-electron chi connectivity index (χ3n) is 2.50. The number of rotatable bonds is 2. The summed E-state index contributed by atoms with van der Waals surface area (Å²) in [5.74, 6) is -0.275. The fraction of sp³-hybridized carbons (Fsp3) is 0.0769. The molecular formula is C13H13FN2. The van der Waals surface area contributed by atoms with E-state index in [1.54, 1.807) is 18.2 Å². The molecule has 0 amide bonds. The topological polar surface area (TPSA) is 52.0 Å². The van der Waals surface area contributed by atoms with E-state index in [-0.39, 0.29) is 11.9 Å². The first kappa shape index (κ1) is 10.6. The molecule has 2 aromatic rings. The molecular weight excluding hydrogens is 203 g/mol. The van der Waals surface area contributed by atoms with Crippen molar-refractivity contribution in [1.82, 2.24) is 0 Å². The highest BCUT2D eigenvalue weighted by molar-refractivity contribution is 5.42. The van der Waals surface area contributed by atoms with Gasteiger partial charge in [-0.25, -0.2) is 4.39 Å². The van der Waals surface area contributed by atoms with E-state index in [4.69, 9.17) is 11.5 Å². The number of hydrogen-bond donors (Lipinski definition) is 2. The summed E-state index contributed by atoms with van der Waals surface area (Å²) in [7, 11) is 0. The maximum Gasteiger partial charge on any atom is 0.123 e. The second-order valence-corrected chi connectivity index (χ2v) is 3.70. The van der Waals surface area contributed by atoms with Crippen LogP contribution in [-0.4, -0.2) is 0 Å². The monoisotopic (exact) mass is 216 g/mol. The fourth-order valence-electron chi connectivity index (χ4n) is 1.60. The molecule has 0 fully saturated rings. The van der Waals surface area contributed by atoms with Crippen LogP contribution in [0.15, 0.2) is 48.5 Å². The van der Waals surface area contributed by atoms with Gasteiger partial charge in [-0.3, -0.25) is 0 Å². The molecule has 4 N–H and O–H groups in total. The molecule has 0 radical (unpaired) electrons. The minimum absolute atomic E-state index is 0.275. The zero-order valence-corrected chi connectivity index (χ0v) is 8.73. The van der Waals surface area contributed by atoms with E-state index in [9.17, 15) is 4.39 Å². The van der Waals surface area contributed by atoms with Crippen LogP contribution in [0.5, 0.6) is 0 Å². The predicted octanol–water partition coefficient (Wildman–Crippen LogP) is 2.46. The highest BCUT2D eigenvalue weighted by Crippen LogP contribution is 2.20. The molecule has 0 aliphatic heterocycles. The zero-order valence-electron chi connectivity index (χ0n) is 8.73. The Kier molecular flexibility index (Phi) is 2.88. The van der Waals surface area contributed by atoms with Crippen molar-refractivity contribution >= 4 is 5.69 Å².